The van der Waals surface area contributed by atoms with Crippen LogP contribution >= 0.6 is 0 Å². The molecular weight excluding hydrogens is 360 g/mol. The smallest absolute Gasteiger partial charge is 0.326 e. The lowest BCUT2D eigenvalue weighted by atomic mass is 10.3. The predicted octanol–water partition coefficient (Wildman–Crippen LogP) is 0.201. The van der Waals surface area contributed by atoms with E-state index in [2.05, 4.69) is 30.4 Å². The molecule has 10 nitrogen and oxygen atoms in total. The van der Waals surface area contributed by atoms with Gasteiger partial charge in [0.15, 0.2) is 11.1 Å². The second-order valence-corrected chi connectivity index (χ2v) is 6.55. The molecule has 4 N–H and O–H groups in total. The van der Waals surface area contributed by atoms with Gasteiger partial charge in [0.1, 0.15) is 11.5 Å². The monoisotopic (exact) mass is 376 g/mol. The number of anilines is 2. The third-order valence-electron chi connectivity index (χ3n) is 4.31. The summed E-state index contributed by atoms with van der Waals surface area (Å²) in [7, 11) is 0. The number of rotatable bonds is 4. The fourth-order valence-electron chi connectivity index (χ4n) is 2.84. The Balaban J connectivity index is 1.70. The molecule has 1 aliphatic carbocycles. The average Bonchev–Trinajstić information content (AvgIpc) is 3.32. The number of nitrogens with one attached hydrogen (secondary N) is 3. The zero-order chi connectivity index (χ0) is 19.1. The van der Waals surface area contributed by atoms with Crippen molar-refractivity contribution in [3.8, 4) is 5.88 Å². The van der Waals surface area contributed by atoms with Crippen LogP contribution < -0.4 is 21.7 Å². The van der Waals surface area contributed by atoms with Crippen molar-refractivity contribution >= 4 is 23.2 Å². The maximum Gasteiger partial charge on any atom is 0.326 e. The van der Waals surface area contributed by atoms with Crippen LogP contribution in [0.3, 0.4) is 0 Å². The molecule has 0 aliphatic heterocycles. The number of aromatic nitrogens is 6. The lowest BCUT2D eigenvalue weighted by Crippen LogP contribution is -2.19. The minimum atomic E-state index is -0.489. The highest BCUT2D eigenvalue weighted by Gasteiger charge is 2.20. The fourth-order valence-corrected chi connectivity index (χ4v) is 2.84. The van der Waals surface area contributed by atoms with Crippen molar-refractivity contribution in [2.45, 2.75) is 18.9 Å². The van der Waals surface area contributed by atoms with Crippen molar-refractivity contribution in [1.29, 1.82) is 0 Å². The van der Waals surface area contributed by atoms with E-state index in [1.165, 1.54) is 0 Å². The van der Waals surface area contributed by atoms with E-state index < -0.39 is 5.69 Å². The van der Waals surface area contributed by atoms with Gasteiger partial charge >= 0.3 is 5.69 Å². The van der Waals surface area contributed by atoms with Gasteiger partial charge in [-0.05, 0) is 31.1 Å². The summed E-state index contributed by atoms with van der Waals surface area (Å²) in [6.45, 7) is 0. The fraction of sp³-hybridized carbons (Fsp3) is 0.167. The number of imidazole rings is 1. The standard InChI is InChI=1S/C18H16N8O2/c27-17-13(23-18(28)25-17)6-10-8-20-26-15(22-11-3-4-11)7-14(24-16(10)26)21-12-2-1-5-19-9-12/h1-2,5-9,11,21,27H,3-4H2,(H2,23,25,28). The molecular formula is C18H16N8O2. The summed E-state index contributed by atoms with van der Waals surface area (Å²) in [4.78, 5) is 29.7. The highest BCUT2D eigenvalue weighted by atomic mass is 16.3. The summed E-state index contributed by atoms with van der Waals surface area (Å²) in [6.07, 6.45) is 8.76. The molecule has 1 saturated carbocycles. The van der Waals surface area contributed by atoms with E-state index in [0.29, 0.717) is 28.2 Å². The molecule has 28 heavy (non-hydrogen) atoms. The highest BCUT2D eigenvalue weighted by Crippen LogP contribution is 2.22. The number of hydrogen-bond acceptors (Lipinski definition) is 7. The number of aromatic hydroxyl groups is 1. The number of nitrogens with zero attached hydrogens (tertiary/aromatic N) is 5. The van der Waals surface area contributed by atoms with E-state index in [1.807, 2.05) is 18.2 Å². The third kappa shape index (κ3) is 3.11. The van der Waals surface area contributed by atoms with Crippen LogP contribution in [0.25, 0.3) is 11.7 Å². The minimum Gasteiger partial charge on any atom is -0.493 e. The van der Waals surface area contributed by atoms with Crippen molar-refractivity contribution in [2.24, 2.45) is 4.99 Å². The van der Waals surface area contributed by atoms with Gasteiger partial charge in [-0.25, -0.2) is 9.78 Å². The van der Waals surface area contributed by atoms with Crippen molar-refractivity contribution in [3.05, 3.63) is 63.7 Å². The Labute approximate surface area is 157 Å². The van der Waals surface area contributed by atoms with Crippen LogP contribution in [-0.4, -0.2) is 40.7 Å². The van der Waals surface area contributed by atoms with Crippen LogP contribution in [0, 0.1) is 0 Å². The Hall–Kier alpha value is -3.95. The zero-order valence-corrected chi connectivity index (χ0v) is 14.6. The summed E-state index contributed by atoms with van der Waals surface area (Å²) in [5.74, 6) is 0.360. The van der Waals surface area contributed by atoms with Crippen molar-refractivity contribution in [3.63, 3.8) is 0 Å². The van der Waals surface area contributed by atoms with Crippen molar-refractivity contribution in [2.75, 3.05) is 5.32 Å². The molecule has 4 heterocycles. The Morgan fingerprint density at radius 3 is 2.93 bits per heavy atom. The number of pyridine rings is 1. The van der Waals surface area contributed by atoms with Crippen molar-refractivity contribution in [1.82, 2.24) is 29.5 Å². The summed E-state index contributed by atoms with van der Waals surface area (Å²) < 4.78 is 1.65. The molecule has 0 amide bonds. The predicted molar refractivity (Wildman–Crippen MR) is 101 cm³/mol. The number of H-pyrrole nitrogens is 2. The van der Waals surface area contributed by atoms with Crippen LogP contribution in [0.1, 0.15) is 18.5 Å². The molecule has 0 saturated heterocycles. The Morgan fingerprint density at radius 2 is 2.21 bits per heavy atom. The molecule has 4 aromatic rings. The van der Waals surface area contributed by atoms with Gasteiger partial charge in [-0.1, -0.05) is 0 Å². The van der Waals surface area contributed by atoms with E-state index in [4.69, 9.17) is 4.99 Å². The van der Waals surface area contributed by atoms with E-state index in [-0.39, 0.29) is 11.6 Å². The van der Waals surface area contributed by atoms with Gasteiger partial charge in [0.05, 0.1) is 24.1 Å². The quantitative estimate of drug-likeness (QED) is 0.402. The minimum absolute atomic E-state index is 0.239. The molecule has 140 valence electrons. The Morgan fingerprint density at radius 1 is 1.32 bits per heavy atom. The van der Waals surface area contributed by atoms with E-state index in [9.17, 15) is 9.90 Å². The van der Waals surface area contributed by atoms with Gasteiger partial charge in [0.2, 0.25) is 5.88 Å². The molecule has 0 radical (unpaired) electrons. The van der Waals surface area contributed by atoms with E-state index in [1.54, 1.807) is 29.2 Å². The summed E-state index contributed by atoms with van der Waals surface area (Å²) >= 11 is 0. The van der Waals surface area contributed by atoms with Crippen LogP contribution in [0.15, 0.2) is 46.6 Å². The van der Waals surface area contributed by atoms with Gasteiger partial charge in [0, 0.05) is 17.5 Å². The van der Waals surface area contributed by atoms with Crippen LogP contribution in [0.2, 0.25) is 0 Å². The molecule has 0 unspecified atom stereocenters. The average molecular weight is 376 g/mol. The van der Waals surface area contributed by atoms with Crippen molar-refractivity contribution < 1.29 is 5.11 Å². The maximum absolute atomic E-state index is 11.4. The molecule has 10 heteroatoms. The summed E-state index contributed by atoms with van der Waals surface area (Å²) in [6, 6.07) is 5.87. The van der Waals surface area contributed by atoms with Gasteiger partial charge in [-0.2, -0.15) is 9.61 Å². The zero-order valence-electron chi connectivity index (χ0n) is 14.6. The molecule has 1 aliphatic rings. The van der Waals surface area contributed by atoms with E-state index >= 15 is 0 Å². The maximum atomic E-state index is 11.4. The SMILES string of the molecule is O=c1[nH]c(O)c(C=c2cnn3c(=NC4CC4)cc(Nc4cccnc4)nc23)[nH]1. The molecule has 0 spiro atoms. The van der Waals surface area contributed by atoms with Gasteiger partial charge in [0.25, 0.3) is 0 Å². The first-order valence-electron chi connectivity index (χ1n) is 8.78. The third-order valence-corrected chi connectivity index (χ3v) is 4.31. The lowest BCUT2D eigenvalue weighted by molar-refractivity contribution is 0.454. The number of fused-ring (bicyclic) bond motifs is 1. The van der Waals surface area contributed by atoms with Gasteiger partial charge in [-0.15, -0.1) is 0 Å². The lowest BCUT2D eigenvalue weighted by Gasteiger charge is -2.05. The highest BCUT2D eigenvalue weighted by molar-refractivity contribution is 5.60. The normalized spacial score (nSPS) is 15.4. The Bertz CT molecular complexity index is 1330. The largest absolute Gasteiger partial charge is 0.493 e. The van der Waals surface area contributed by atoms with Gasteiger partial charge in [-0.3, -0.25) is 15.0 Å². The topological polar surface area (TPSA) is 136 Å². The van der Waals surface area contributed by atoms with E-state index in [0.717, 1.165) is 18.5 Å². The summed E-state index contributed by atoms with van der Waals surface area (Å²) in [5.41, 5.74) is 1.80. The second-order valence-electron chi connectivity index (χ2n) is 6.55. The first-order valence-corrected chi connectivity index (χ1v) is 8.78. The van der Waals surface area contributed by atoms with Crippen LogP contribution in [-0.2, 0) is 0 Å². The van der Waals surface area contributed by atoms with Crippen LogP contribution in [0.5, 0.6) is 5.88 Å². The van der Waals surface area contributed by atoms with Crippen LogP contribution in [0.4, 0.5) is 11.5 Å². The number of aromatic amines is 2. The Kier molecular flexibility index (Phi) is 3.68. The molecule has 0 bridgehead atoms. The number of hydrogen-bond donors (Lipinski definition) is 4. The molecule has 1 fully saturated rings. The first kappa shape index (κ1) is 16.2. The molecule has 5 rings (SSSR count). The molecule has 0 atom stereocenters. The summed E-state index contributed by atoms with van der Waals surface area (Å²) in [5, 5.41) is 18.1. The first-order chi connectivity index (χ1) is 13.7. The van der Waals surface area contributed by atoms with Gasteiger partial charge < -0.3 is 15.4 Å². The molecule has 4 aromatic heterocycles. The second kappa shape index (κ2) is 6.34. The molecule has 0 aromatic carbocycles.